The Kier molecular flexibility index (Phi) is 6.09. The Morgan fingerprint density at radius 1 is 1.04 bits per heavy atom. The Balaban J connectivity index is 2.06. The van der Waals surface area contributed by atoms with Crippen LogP contribution in [0.1, 0.15) is 0 Å². The number of anilines is 2. The molecule has 0 aliphatic heterocycles. The minimum Gasteiger partial charge on any atom is -0.336 e. The molecule has 0 saturated carbocycles. The maximum atomic E-state index is 13.9. The summed E-state index contributed by atoms with van der Waals surface area (Å²) in [5.41, 5.74) is -0.117. The van der Waals surface area contributed by atoms with Crippen molar-refractivity contribution in [2.75, 3.05) is 29.0 Å². The highest BCUT2D eigenvalue weighted by molar-refractivity contribution is 7.92. The molecule has 140 valence electrons. The summed E-state index contributed by atoms with van der Waals surface area (Å²) in [6, 6.07) is 9.34. The van der Waals surface area contributed by atoms with Gasteiger partial charge in [-0.2, -0.15) is 0 Å². The molecular formula is C16H16F3N3O3S. The number of hydrogen-bond donors (Lipinski definition) is 2. The molecule has 2 aromatic rings. The number of carbonyl (C=O) groups is 1. The van der Waals surface area contributed by atoms with Crippen molar-refractivity contribution in [1.29, 1.82) is 0 Å². The first-order chi connectivity index (χ1) is 12.2. The number of sulfonamides is 1. The molecule has 0 aromatic heterocycles. The van der Waals surface area contributed by atoms with Gasteiger partial charge in [-0.1, -0.05) is 18.2 Å². The van der Waals surface area contributed by atoms with Crippen LogP contribution in [0, 0.1) is 17.5 Å². The zero-order valence-corrected chi connectivity index (χ0v) is 14.5. The quantitative estimate of drug-likeness (QED) is 0.748. The lowest BCUT2D eigenvalue weighted by Gasteiger charge is -2.23. The highest BCUT2D eigenvalue weighted by atomic mass is 32.2. The lowest BCUT2D eigenvalue weighted by molar-refractivity contribution is 0.252. The Hall–Kier alpha value is -2.75. The lowest BCUT2D eigenvalue weighted by Crippen LogP contribution is -2.40. The molecule has 0 heterocycles. The van der Waals surface area contributed by atoms with Gasteiger partial charge in [0.05, 0.1) is 18.5 Å². The molecule has 26 heavy (non-hydrogen) atoms. The van der Waals surface area contributed by atoms with Crippen molar-refractivity contribution in [2.24, 2.45) is 0 Å². The fourth-order valence-corrected chi connectivity index (χ4v) is 3.06. The Morgan fingerprint density at radius 2 is 1.69 bits per heavy atom. The van der Waals surface area contributed by atoms with Gasteiger partial charge in [-0.3, -0.25) is 4.31 Å². The number of benzene rings is 2. The zero-order valence-electron chi connectivity index (χ0n) is 13.7. The van der Waals surface area contributed by atoms with Crippen LogP contribution >= 0.6 is 0 Å². The van der Waals surface area contributed by atoms with Gasteiger partial charge in [-0.15, -0.1) is 0 Å². The predicted octanol–water partition coefficient (Wildman–Crippen LogP) is 2.69. The second-order valence-corrected chi connectivity index (χ2v) is 7.18. The number of hydrogen-bond acceptors (Lipinski definition) is 3. The largest absolute Gasteiger partial charge is 0.336 e. The number of rotatable bonds is 6. The van der Waals surface area contributed by atoms with Crippen LogP contribution in [-0.4, -0.2) is 33.8 Å². The van der Waals surface area contributed by atoms with Crippen LogP contribution in [0.3, 0.4) is 0 Å². The number of amides is 2. The first-order valence-electron chi connectivity index (χ1n) is 7.41. The average molecular weight is 387 g/mol. The van der Waals surface area contributed by atoms with E-state index in [4.69, 9.17) is 0 Å². The highest BCUT2D eigenvalue weighted by Gasteiger charge is 2.24. The Labute approximate surface area is 148 Å². The van der Waals surface area contributed by atoms with Gasteiger partial charge < -0.3 is 10.6 Å². The van der Waals surface area contributed by atoms with E-state index in [-0.39, 0.29) is 13.1 Å². The maximum absolute atomic E-state index is 13.9. The van der Waals surface area contributed by atoms with Crippen molar-refractivity contribution in [3.05, 3.63) is 59.9 Å². The van der Waals surface area contributed by atoms with Crippen LogP contribution in [0.4, 0.5) is 29.3 Å². The van der Waals surface area contributed by atoms with E-state index in [0.29, 0.717) is 16.1 Å². The summed E-state index contributed by atoms with van der Waals surface area (Å²) in [6.45, 7) is -0.562. The molecule has 0 atom stereocenters. The summed E-state index contributed by atoms with van der Waals surface area (Å²) in [7, 11) is -3.99. The summed E-state index contributed by atoms with van der Waals surface area (Å²) in [6.07, 6.45) is 0.789. The molecule has 0 aliphatic carbocycles. The molecule has 10 heteroatoms. The van der Waals surface area contributed by atoms with Gasteiger partial charge in [0.15, 0.2) is 17.5 Å². The van der Waals surface area contributed by atoms with Crippen molar-refractivity contribution in [1.82, 2.24) is 5.32 Å². The Morgan fingerprint density at radius 3 is 2.31 bits per heavy atom. The van der Waals surface area contributed by atoms with Gasteiger partial charge in [0, 0.05) is 12.2 Å². The fourth-order valence-electron chi connectivity index (χ4n) is 2.14. The van der Waals surface area contributed by atoms with E-state index in [0.717, 1.165) is 12.3 Å². The van der Waals surface area contributed by atoms with Crippen molar-refractivity contribution >= 4 is 27.4 Å². The van der Waals surface area contributed by atoms with Crippen LogP contribution in [-0.2, 0) is 10.0 Å². The van der Waals surface area contributed by atoms with E-state index >= 15 is 0 Å². The van der Waals surface area contributed by atoms with E-state index in [1.165, 1.54) is 0 Å². The third-order valence-corrected chi connectivity index (χ3v) is 4.50. The molecule has 2 rings (SSSR count). The monoisotopic (exact) mass is 387 g/mol. The van der Waals surface area contributed by atoms with Gasteiger partial charge in [-0.25, -0.2) is 26.4 Å². The molecule has 6 nitrogen and oxygen atoms in total. The average Bonchev–Trinajstić information content (AvgIpc) is 2.57. The zero-order chi connectivity index (χ0) is 19.3. The molecule has 0 bridgehead atoms. The molecule has 0 saturated heterocycles. The smallest absolute Gasteiger partial charge is 0.319 e. The van der Waals surface area contributed by atoms with Crippen LogP contribution in [0.15, 0.2) is 42.5 Å². The first kappa shape index (κ1) is 19.6. The molecule has 2 aromatic carbocycles. The highest BCUT2D eigenvalue weighted by Crippen LogP contribution is 2.25. The number of para-hydroxylation sites is 1. The van der Waals surface area contributed by atoms with Crippen molar-refractivity contribution in [3.63, 3.8) is 0 Å². The normalized spacial score (nSPS) is 11.1. The molecule has 2 N–H and O–H groups in total. The van der Waals surface area contributed by atoms with Crippen LogP contribution in [0.2, 0.25) is 0 Å². The van der Waals surface area contributed by atoms with Crippen LogP contribution in [0.25, 0.3) is 0 Å². The summed E-state index contributed by atoms with van der Waals surface area (Å²) in [5.74, 6) is -4.82. The van der Waals surface area contributed by atoms with E-state index in [1.54, 1.807) is 30.3 Å². The third kappa shape index (κ3) is 4.88. The molecule has 0 radical (unpaired) electrons. The number of carbonyl (C=O) groups excluding carboxylic acids is 1. The summed E-state index contributed by atoms with van der Waals surface area (Å²) >= 11 is 0. The minimum atomic E-state index is -3.99. The van der Waals surface area contributed by atoms with Gasteiger partial charge in [0.1, 0.15) is 0 Å². The standard InChI is InChI=1S/C16H16F3N3O3S/c1-26(24,25)22(13-8-7-12(17)14(18)15(13)19)10-9-20-16(23)21-11-5-3-2-4-6-11/h2-8H,9-10H2,1H3,(H2,20,21,23). The van der Waals surface area contributed by atoms with Gasteiger partial charge >= 0.3 is 6.03 Å². The fraction of sp³-hybridized carbons (Fsp3) is 0.188. The second kappa shape index (κ2) is 8.09. The number of urea groups is 1. The summed E-state index contributed by atoms with van der Waals surface area (Å²) in [5, 5.41) is 4.92. The van der Waals surface area contributed by atoms with Gasteiger partial charge in [0.2, 0.25) is 10.0 Å². The Bertz CT molecular complexity index is 892. The van der Waals surface area contributed by atoms with E-state index in [9.17, 15) is 26.4 Å². The number of nitrogens with one attached hydrogen (secondary N) is 2. The lowest BCUT2D eigenvalue weighted by atomic mass is 10.3. The molecule has 0 aliphatic rings. The van der Waals surface area contributed by atoms with Gasteiger partial charge in [-0.05, 0) is 24.3 Å². The van der Waals surface area contributed by atoms with E-state index in [2.05, 4.69) is 10.6 Å². The molecule has 2 amide bonds. The molecule has 0 spiro atoms. The van der Waals surface area contributed by atoms with E-state index < -0.39 is 39.2 Å². The SMILES string of the molecule is CS(=O)(=O)N(CCNC(=O)Nc1ccccc1)c1ccc(F)c(F)c1F. The van der Waals surface area contributed by atoms with Crippen molar-refractivity contribution in [2.45, 2.75) is 0 Å². The van der Waals surface area contributed by atoms with Crippen molar-refractivity contribution in [3.8, 4) is 0 Å². The maximum Gasteiger partial charge on any atom is 0.319 e. The minimum absolute atomic E-state index is 0.190. The summed E-state index contributed by atoms with van der Waals surface area (Å²) < 4.78 is 64.6. The van der Waals surface area contributed by atoms with Crippen LogP contribution in [0.5, 0.6) is 0 Å². The number of halogens is 3. The van der Waals surface area contributed by atoms with Gasteiger partial charge in [0.25, 0.3) is 0 Å². The molecule has 0 fully saturated rings. The molecular weight excluding hydrogens is 371 g/mol. The van der Waals surface area contributed by atoms with Crippen molar-refractivity contribution < 1.29 is 26.4 Å². The summed E-state index contributed by atoms with van der Waals surface area (Å²) in [4.78, 5) is 11.8. The second-order valence-electron chi connectivity index (χ2n) is 5.28. The third-order valence-electron chi connectivity index (χ3n) is 3.32. The van der Waals surface area contributed by atoms with Crippen LogP contribution < -0.4 is 14.9 Å². The predicted molar refractivity (Wildman–Crippen MR) is 92.0 cm³/mol. The number of nitrogens with zero attached hydrogens (tertiary/aromatic N) is 1. The van der Waals surface area contributed by atoms with E-state index in [1.807, 2.05) is 0 Å². The topological polar surface area (TPSA) is 78.5 Å². The molecule has 0 unspecified atom stereocenters. The first-order valence-corrected chi connectivity index (χ1v) is 9.26.